The van der Waals surface area contributed by atoms with Gasteiger partial charge in [0.1, 0.15) is 17.3 Å². The van der Waals surface area contributed by atoms with E-state index in [1.54, 1.807) is 12.1 Å². The monoisotopic (exact) mass is 276 g/mol. The third kappa shape index (κ3) is 4.47. The van der Waals surface area contributed by atoms with E-state index in [9.17, 15) is 4.39 Å². The second-order valence-electron chi connectivity index (χ2n) is 4.95. The molecule has 0 aliphatic rings. The van der Waals surface area contributed by atoms with Gasteiger partial charge < -0.3 is 9.73 Å². The molecule has 2 rings (SSSR count). The Hall–Kier alpha value is -1.65. The number of nitrogens with one attached hydrogen (secondary N) is 1. The minimum atomic E-state index is -0.193. The Kier molecular flexibility index (Phi) is 5.32. The van der Waals surface area contributed by atoms with Gasteiger partial charge in [0.15, 0.2) is 0 Å². The molecule has 0 amide bonds. The molecular formula is C16H21FN2O. The van der Waals surface area contributed by atoms with Crippen molar-refractivity contribution in [1.82, 2.24) is 10.2 Å². The van der Waals surface area contributed by atoms with Crippen LogP contribution in [-0.4, -0.2) is 18.5 Å². The van der Waals surface area contributed by atoms with E-state index in [4.69, 9.17) is 4.42 Å². The normalized spacial score (nSPS) is 11.2. The summed E-state index contributed by atoms with van der Waals surface area (Å²) in [7, 11) is 2.00. The van der Waals surface area contributed by atoms with Crippen LogP contribution in [0.25, 0.3) is 0 Å². The van der Waals surface area contributed by atoms with Crippen molar-refractivity contribution in [2.45, 2.75) is 26.6 Å². The van der Waals surface area contributed by atoms with Crippen molar-refractivity contribution < 1.29 is 8.81 Å². The summed E-state index contributed by atoms with van der Waals surface area (Å²) in [5.74, 6) is 1.68. The first-order chi connectivity index (χ1) is 9.67. The van der Waals surface area contributed by atoms with Crippen LogP contribution in [0.1, 0.15) is 24.0 Å². The first-order valence-electron chi connectivity index (χ1n) is 6.88. The van der Waals surface area contributed by atoms with Gasteiger partial charge in [-0.3, -0.25) is 4.90 Å². The Balaban J connectivity index is 1.87. The first kappa shape index (κ1) is 14.8. The highest BCUT2D eigenvalue weighted by Crippen LogP contribution is 2.12. The number of benzene rings is 1. The average molecular weight is 276 g/mol. The van der Waals surface area contributed by atoms with Crippen LogP contribution in [-0.2, 0) is 19.6 Å². The summed E-state index contributed by atoms with van der Waals surface area (Å²) in [6, 6.07) is 10.7. The molecule has 1 aromatic carbocycles. The summed E-state index contributed by atoms with van der Waals surface area (Å²) in [5.41, 5.74) is 0.965. The molecule has 1 aromatic heterocycles. The summed E-state index contributed by atoms with van der Waals surface area (Å²) >= 11 is 0. The summed E-state index contributed by atoms with van der Waals surface area (Å²) in [4.78, 5) is 2.10. The van der Waals surface area contributed by atoms with Crippen LogP contribution in [0.3, 0.4) is 0 Å². The van der Waals surface area contributed by atoms with E-state index < -0.39 is 0 Å². The van der Waals surface area contributed by atoms with Gasteiger partial charge >= 0.3 is 0 Å². The van der Waals surface area contributed by atoms with Gasteiger partial charge in [0.05, 0.1) is 13.1 Å². The molecule has 0 saturated carbocycles. The van der Waals surface area contributed by atoms with Gasteiger partial charge in [-0.05, 0) is 43.4 Å². The van der Waals surface area contributed by atoms with Crippen LogP contribution in [0.2, 0.25) is 0 Å². The highest BCUT2D eigenvalue weighted by Gasteiger charge is 2.06. The lowest BCUT2D eigenvalue weighted by Crippen LogP contribution is -2.17. The molecule has 108 valence electrons. The molecular weight excluding hydrogens is 255 g/mol. The van der Waals surface area contributed by atoms with E-state index in [0.717, 1.165) is 30.2 Å². The molecule has 0 atom stereocenters. The van der Waals surface area contributed by atoms with Crippen LogP contribution < -0.4 is 5.32 Å². The number of hydrogen-bond acceptors (Lipinski definition) is 3. The van der Waals surface area contributed by atoms with Gasteiger partial charge in [0, 0.05) is 6.54 Å². The largest absolute Gasteiger partial charge is 0.463 e. The van der Waals surface area contributed by atoms with Crippen molar-refractivity contribution in [2.24, 2.45) is 0 Å². The first-order valence-corrected chi connectivity index (χ1v) is 6.88. The highest BCUT2D eigenvalue weighted by molar-refractivity contribution is 5.16. The van der Waals surface area contributed by atoms with Gasteiger partial charge in [0.25, 0.3) is 0 Å². The molecule has 0 aliphatic heterocycles. The molecule has 4 heteroatoms. The SMILES string of the molecule is CCNCc1ccc(CN(C)Cc2cccc(F)c2)o1. The van der Waals surface area contributed by atoms with Crippen molar-refractivity contribution in [1.29, 1.82) is 0 Å². The van der Waals surface area contributed by atoms with Gasteiger partial charge in [-0.25, -0.2) is 4.39 Å². The van der Waals surface area contributed by atoms with Crippen LogP contribution >= 0.6 is 0 Å². The molecule has 0 bridgehead atoms. The summed E-state index contributed by atoms with van der Waals surface area (Å²) in [6.07, 6.45) is 0. The van der Waals surface area contributed by atoms with E-state index >= 15 is 0 Å². The summed E-state index contributed by atoms with van der Waals surface area (Å²) in [5, 5.41) is 3.23. The lowest BCUT2D eigenvalue weighted by atomic mass is 10.2. The number of furan rings is 1. The van der Waals surface area contributed by atoms with E-state index in [-0.39, 0.29) is 5.82 Å². The van der Waals surface area contributed by atoms with Crippen molar-refractivity contribution in [3.05, 3.63) is 59.3 Å². The molecule has 0 unspecified atom stereocenters. The van der Waals surface area contributed by atoms with Gasteiger partial charge in [0.2, 0.25) is 0 Å². The maximum absolute atomic E-state index is 13.1. The van der Waals surface area contributed by atoms with Crippen molar-refractivity contribution in [3.63, 3.8) is 0 Å². The van der Waals surface area contributed by atoms with Gasteiger partial charge in [-0.2, -0.15) is 0 Å². The van der Waals surface area contributed by atoms with Gasteiger partial charge in [-0.15, -0.1) is 0 Å². The van der Waals surface area contributed by atoms with Crippen molar-refractivity contribution >= 4 is 0 Å². The Morgan fingerprint density at radius 1 is 1.15 bits per heavy atom. The minimum absolute atomic E-state index is 0.193. The zero-order valence-electron chi connectivity index (χ0n) is 12.0. The fraction of sp³-hybridized carbons (Fsp3) is 0.375. The predicted molar refractivity (Wildman–Crippen MR) is 77.7 cm³/mol. The molecule has 0 saturated heterocycles. The van der Waals surface area contributed by atoms with E-state index in [2.05, 4.69) is 17.1 Å². The molecule has 0 radical (unpaired) electrons. The lowest BCUT2D eigenvalue weighted by molar-refractivity contribution is 0.282. The standard InChI is InChI=1S/C16H21FN2O/c1-3-18-10-15-7-8-16(20-15)12-19(2)11-13-5-4-6-14(17)9-13/h4-9,18H,3,10-12H2,1-2H3. The van der Waals surface area contributed by atoms with Crippen LogP contribution in [0, 0.1) is 5.82 Å². The summed E-state index contributed by atoms with van der Waals surface area (Å²) < 4.78 is 18.9. The quantitative estimate of drug-likeness (QED) is 0.842. The minimum Gasteiger partial charge on any atom is -0.463 e. The lowest BCUT2D eigenvalue weighted by Gasteiger charge is -2.15. The third-order valence-corrected chi connectivity index (χ3v) is 3.03. The molecule has 0 spiro atoms. The Morgan fingerprint density at radius 2 is 1.95 bits per heavy atom. The molecule has 1 heterocycles. The zero-order valence-corrected chi connectivity index (χ0v) is 12.0. The highest BCUT2D eigenvalue weighted by atomic mass is 19.1. The molecule has 0 fully saturated rings. The van der Waals surface area contributed by atoms with Crippen LogP contribution in [0.4, 0.5) is 4.39 Å². The smallest absolute Gasteiger partial charge is 0.123 e. The average Bonchev–Trinajstić information content (AvgIpc) is 2.83. The number of hydrogen-bond donors (Lipinski definition) is 1. The topological polar surface area (TPSA) is 28.4 Å². The van der Waals surface area contributed by atoms with Crippen LogP contribution in [0.5, 0.6) is 0 Å². The second kappa shape index (κ2) is 7.22. The van der Waals surface area contributed by atoms with Crippen molar-refractivity contribution in [2.75, 3.05) is 13.6 Å². The Labute approximate surface area is 119 Å². The number of halogens is 1. The van der Waals surface area contributed by atoms with E-state index in [1.807, 2.05) is 25.2 Å². The third-order valence-electron chi connectivity index (χ3n) is 3.03. The fourth-order valence-corrected chi connectivity index (χ4v) is 2.12. The fourth-order valence-electron chi connectivity index (χ4n) is 2.12. The molecule has 3 nitrogen and oxygen atoms in total. The molecule has 1 N–H and O–H groups in total. The molecule has 20 heavy (non-hydrogen) atoms. The summed E-state index contributed by atoms with van der Waals surface area (Å²) in [6.45, 7) is 5.15. The maximum atomic E-state index is 13.1. The predicted octanol–water partition coefficient (Wildman–Crippen LogP) is 3.16. The maximum Gasteiger partial charge on any atom is 0.123 e. The van der Waals surface area contributed by atoms with Crippen molar-refractivity contribution in [3.8, 4) is 0 Å². The molecule has 2 aromatic rings. The Bertz CT molecular complexity index is 539. The number of nitrogens with zero attached hydrogens (tertiary/aromatic N) is 1. The second-order valence-corrected chi connectivity index (χ2v) is 4.95. The van der Waals surface area contributed by atoms with Crippen LogP contribution in [0.15, 0.2) is 40.8 Å². The Morgan fingerprint density at radius 3 is 2.70 bits per heavy atom. The van der Waals surface area contributed by atoms with E-state index in [1.165, 1.54) is 6.07 Å². The number of rotatable bonds is 7. The molecule has 0 aliphatic carbocycles. The van der Waals surface area contributed by atoms with E-state index in [0.29, 0.717) is 13.1 Å². The van der Waals surface area contributed by atoms with Gasteiger partial charge in [-0.1, -0.05) is 19.1 Å². The zero-order chi connectivity index (χ0) is 14.4.